The Morgan fingerprint density at radius 3 is 2.71 bits per heavy atom. The molecule has 2 N–H and O–H groups in total. The van der Waals surface area contributed by atoms with E-state index in [0.717, 1.165) is 17.7 Å². The second-order valence-corrected chi connectivity index (χ2v) is 4.51. The zero-order valence-electron chi connectivity index (χ0n) is 11.2. The van der Waals surface area contributed by atoms with Crippen molar-refractivity contribution in [3.63, 3.8) is 0 Å². The molecule has 0 radical (unpaired) electrons. The molecule has 0 amide bonds. The summed E-state index contributed by atoms with van der Waals surface area (Å²) < 4.78 is 5.36. The van der Waals surface area contributed by atoms with Crippen molar-refractivity contribution in [1.82, 2.24) is 5.32 Å². The van der Waals surface area contributed by atoms with Gasteiger partial charge in [-0.15, -0.1) is 0 Å². The van der Waals surface area contributed by atoms with Crippen LogP contribution in [0.2, 0.25) is 0 Å². The second-order valence-electron chi connectivity index (χ2n) is 4.51. The number of nitrogens with one attached hydrogen (secondary N) is 1. The molecule has 17 heavy (non-hydrogen) atoms. The molecule has 0 saturated carbocycles. The van der Waals surface area contributed by atoms with Crippen molar-refractivity contribution in [3.8, 4) is 5.75 Å². The van der Waals surface area contributed by atoms with E-state index >= 15 is 0 Å². The minimum Gasteiger partial charge on any atom is -0.508 e. The molecule has 2 atom stereocenters. The van der Waals surface area contributed by atoms with Crippen molar-refractivity contribution in [1.29, 1.82) is 0 Å². The van der Waals surface area contributed by atoms with Gasteiger partial charge in [0.15, 0.2) is 0 Å². The lowest BCUT2D eigenvalue weighted by molar-refractivity contribution is 0.124. The van der Waals surface area contributed by atoms with Crippen LogP contribution in [-0.4, -0.2) is 24.4 Å². The van der Waals surface area contributed by atoms with E-state index in [9.17, 15) is 5.11 Å². The Labute approximate surface area is 104 Å². The van der Waals surface area contributed by atoms with Crippen molar-refractivity contribution >= 4 is 0 Å². The summed E-state index contributed by atoms with van der Waals surface area (Å²) in [5, 5.41) is 13.2. The van der Waals surface area contributed by atoms with Gasteiger partial charge in [-0.3, -0.25) is 0 Å². The highest BCUT2D eigenvalue weighted by molar-refractivity contribution is 5.37. The molecule has 0 saturated heterocycles. The first kappa shape index (κ1) is 14.0. The molecule has 0 aromatic heterocycles. The lowest BCUT2D eigenvalue weighted by Crippen LogP contribution is -2.32. The Morgan fingerprint density at radius 2 is 2.06 bits per heavy atom. The van der Waals surface area contributed by atoms with E-state index in [1.807, 2.05) is 26.0 Å². The van der Waals surface area contributed by atoms with Crippen LogP contribution in [-0.2, 0) is 4.74 Å². The van der Waals surface area contributed by atoms with Gasteiger partial charge in [0.1, 0.15) is 5.75 Å². The van der Waals surface area contributed by atoms with Gasteiger partial charge in [-0.05, 0) is 33.8 Å². The van der Waals surface area contributed by atoms with Crippen LogP contribution in [0.1, 0.15) is 37.9 Å². The summed E-state index contributed by atoms with van der Waals surface area (Å²) >= 11 is 0. The smallest absolute Gasteiger partial charge is 0.120 e. The minimum absolute atomic E-state index is 0.116. The predicted octanol–water partition coefficient (Wildman–Crippen LogP) is 2.78. The third-order valence-corrected chi connectivity index (χ3v) is 2.76. The first-order chi connectivity index (χ1) is 8.04. The topological polar surface area (TPSA) is 41.5 Å². The van der Waals surface area contributed by atoms with Crippen LogP contribution in [0.5, 0.6) is 5.75 Å². The molecule has 0 spiro atoms. The average molecular weight is 237 g/mol. The summed E-state index contributed by atoms with van der Waals surface area (Å²) in [6.07, 6.45) is 0. The fourth-order valence-electron chi connectivity index (χ4n) is 1.88. The van der Waals surface area contributed by atoms with Gasteiger partial charge in [0, 0.05) is 24.3 Å². The third kappa shape index (κ3) is 4.36. The van der Waals surface area contributed by atoms with E-state index < -0.39 is 0 Å². The summed E-state index contributed by atoms with van der Waals surface area (Å²) in [4.78, 5) is 0. The Morgan fingerprint density at radius 1 is 1.35 bits per heavy atom. The maximum atomic E-state index is 9.82. The lowest BCUT2D eigenvalue weighted by atomic mass is 10.0. The summed E-state index contributed by atoms with van der Waals surface area (Å²) in [5.41, 5.74) is 2.09. The number of hydrogen-bond donors (Lipinski definition) is 2. The molecule has 3 nitrogen and oxygen atoms in total. The van der Waals surface area contributed by atoms with Gasteiger partial charge in [-0.25, -0.2) is 0 Å². The van der Waals surface area contributed by atoms with Crippen LogP contribution in [0.15, 0.2) is 18.2 Å². The number of aromatic hydroxyl groups is 1. The van der Waals surface area contributed by atoms with Crippen LogP contribution in [0.25, 0.3) is 0 Å². The van der Waals surface area contributed by atoms with Gasteiger partial charge in [0.2, 0.25) is 0 Å². The zero-order valence-corrected chi connectivity index (χ0v) is 11.2. The maximum Gasteiger partial charge on any atom is 0.120 e. The molecule has 0 heterocycles. The van der Waals surface area contributed by atoms with Gasteiger partial charge in [0.25, 0.3) is 0 Å². The molecule has 1 aromatic rings. The molecule has 0 aliphatic heterocycles. The molecule has 1 aromatic carbocycles. The van der Waals surface area contributed by atoms with Crippen molar-refractivity contribution < 1.29 is 9.84 Å². The highest BCUT2D eigenvalue weighted by atomic mass is 16.5. The quantitative estimate of drug-likeness (QED) is 0.799. The van der Waals surface area contributed by atoms with Crippen molar-refractivity contribution in [2.45, 2.75) is 39.8 Å². The van der Waals surface area contributed by atoms with E-state index in [4.69, 9.17) is 4.74 Å². The van der Waals surface area contributed by atoms with Crippen molar-refractivity contribution in [3.05, 3.63) is 29.3 Å². The monoisotopic (exact) mass is 237 g/mol. The van der Waals surface area contributed by atoms with Gasteiger partial charge >= 0.3 is 0 Å². The van der Waals surface area contributed by atoms with Crippen LogP contribution < -0.4 is 5.32 Å². The Hall–Kier alpha value is -1.06. The molecule has 0 aliphatic carbocycles. The summed E-state index contributed by atoms with van der Waals surface area (Å²) in [6.45, 7) is 9.57. The number of rotatable bonds is 6. The van der Waals surface area contributed by atoms with E-state index in [1.54, 1.807) is 6.07 Å². The maximum absolute atomic E-state index is 9.82. The standard InChI is InChI=1S/C14H23NO2/c1-5-17-9-11(3)15-12(4)13-8-10(2)6-7-14(13)16/h6-8,11-12,15-16H,5,9H2,1-4H3. The van der Waals surface area contributed by atoms with E-state index in [2.05, 4.69) is 19.2 Å². The Balaban J connectivity index is 2.62. The second kappa shape index (κ2) is 6.62. The first-order valence-electron chi connectivity index (χ1n) is 6.18. The van der Waals surface area contributed by atoms with E-state index in [1.165, 1.54) is 0 Å². The number of ether oxygens (including phenoxy) is 1. The van der Waals surface area contributed by atoms with Crippen molar-refractivity contribution in [2.75, 3.05) is 13.2 Å². The van der Waals surface area contributed by atoms with Crippen LogP contribution in [0.3, 0.4) is 0 Å². The molecule has 0 fully saturated rings. The SMILES string of the molecule is CCOCC(C)NC(C)c1cc(C)ccc1O. The fraction of sp³-hybridized carbons (Fsp3) is 0.571. The fourth-order valence-corrected chi connectivity index (χ4v) is 1.88. The normalized spacial score (nSPS) is 14.6. The molecule has 3 heteroatoms. The molecule has 2 unspecified atom stereocenters. The summed E-state index contributed by atoms with van der Waals surface area (Å²) in [5.74, 6) is 0.346. The predicted molar refractivity (Wildman–Crippen MR) is 70.3 cm³/mol. The van der Waals surface area contributed by atoms with Crippen molar-refractivity contribution in [2.24, 2.45) is 0 Å². The summed E-state index contributed by atoms with van der Waals surface area (Å²) in [6, 6.07) is 6.06. The highest BCUT2D eigenvalue weighted by Gasteiger charge is 2.13. The van der Waals surface area contributed by atoms with Crippen LogP contribution in [0.4, 0.5) is 0 Å². The molecular formula is C14H23NO2. The van der Waals surface area contributed by atoms with E-state index in [-0.39, 0.29) is 12.1 Å². The number of benzene rings is 1. The van der Waals surface area contributed by atoms with Crippen LogP contribution in [0, 0.1) is 6.92 Å². The highest BCUT2D eigenvalue weighted by Crippen LogP contribution is 2.25. The minimum atomic E-state index is 0.116. The Kier molecular flexibility index (Phi) is 5.45. The average Bonchev–Trinajstić information content (AvgIpc) is 2.29. The van der Waals surface area contributed by atoms with Gasteiger partial charge in [0.05, 0.1) is 6.61 Å². The number of phenols is 1. The third-order valence-electron chi connectivity index (χ3n) is 2.76. The molecule has 1 rings (SSSR count). The molecular weight excluding hydrogens is 214 g/mol. The van der Waals surface area contributed by atoms with Gasteiger partial charge in [-0.2, -0.15) is 0 Å². The largest absolute Gasteiger partial charge is 0.508 e. The first-order valence-corrected chi connectivity index (χ1v) is 6.18. The number of hydrogen-bond acceptors (Lipinski definition) is 3. The number of phenolic OH excluding ortho intramolecular Hbond substituents is 1. The molecule has 96 valence electrons. The lowest BCUT2D eigenvalue weighted by Gasteiger charge is -2.21. The molecule has 0 bridgehead atoms. The number of aryl methyl sites for hydroxylation is 1. The van der Waals surface area contributed by atoms with Gasteiger partial charge in [-0.1, -0.05) is 17.7 Å². The summed E-state index contributed by atoms with van der Waals surface area (Å²) in [7, 11) is 0. The zero-order chi connectivity index (χ0) is 12.8. The Bertz CT molecular complexity index is 352. The van der Waals surface area contributed by atoms with Crippen LogP contribution >= 0.6 is 0 Å². The van der Waals surface area contributed by atoms with Gasteiger partial charge < -0.3 is 15.2 Å². The van der Waals surface area contributed by atoms with E-state index in [0.29, 0.717) is 12.4 Å². The molecule has 0 aliphatic rings.